The van der Waals surface area contributed by atoms with Gasteiger partial charge in [-0.3, -0.25) is 15.5 Å². The molecule has 24 heavy (non-hydrogen) atoms. The van der Waals surface area contributed by atoms with Crippen molar-refractivity contribution >= 4 is 29.2 Å². The van der Waals surface area contributed by atoms with Crippen molar-refractivity contribution in [1.82, 2.24) is 0 Å². The van der Waals surface area contributed by atoms with Crippen LogP contribution >= 0.6 is 11.6 Å². The predicted octanol–water partition coefficient (Wildman–Crippen LogP) is 4.10. The van der Waals surface area contributed by atoms with E-state index in [1.165, 1.54) is 19.2 Å². The molecule has 2 rings (SSSR count). The zero-order valence-electron chi connectivity index (χ0n) is 13.2. The number of nitro groups is 1. The van der Waals surface area contributed by atoms with Crippen LogP contribution in [-0.4, -0.2) is 24.9 Å². The molecule has 0 amide bonds. The van der Waals surface area contributed by atoms with E-state index >= 15 is 0 Å². The van der Waals surface area contributed by atoms with Gasteiger partial charge in [0.25, 0.3) is 5.69 Å². The molecule has 0 radical (unpaired) electrons. The smallest absolute Gasteiger partial charge is 0.269 e. The first-order valence-electron chi connectivity index (χ1n) is 7.09. The second-order valence-electron chi connectivity index (χ2n) is 4.64. The lowest BCUT2D eigenvalue weighted by Crippen LogP contribution is -1.98. The van der Waals surface area contributed by atoms with Gasteiger partial charge in [0.05, 0.1) is 35.6 Å². The van der Waals surface area contributed by atoms with Gasteiger partial charge in [-0.1, -0.05) is 11.6 Å². The van der Waals surface area contributed by atoms with E-state index in [4.69, 9.17) is 21.1 Å². The number of rotatable bonds is 7. The van der Waals surface area contributed by atoms with Crippen molar-refractivity contribution in [1.29, 1.82) is 0 Å². The Morgan fingerprint density at radius 1 is 1.33 bits per heavy atom. The third-order valence-electron chi connectivity index (χ3n) is 3.03. The fourth-order valence-corrected chi connectivity index (χ4v) is 2.21. The summed E-state index contributed by atoms with van der Waals surface area (Å²) in [5, 5.41) is 15.1. The van der Waals surface area contributed by atoms with E-state index in [0.29, 0.717) is 28.8 Å². The number of nitro benzene ring substituents is 1. The third kappa shape index (κ3) is 4.36. The van der Waals surface area contributed by atoms with E-state index in [1.807, 2.05) is 6.92 Å². The predicted molar refractivity (Wildman–Crippen MR) is 93.5 cm³/mol. The van der Waals surface area contributed by atoms with Crippen molar-refractivity contribution < 1.29 is 14.4 Å². The Bertz CT molecular complexity index is 748. The highest BCUT2D eigenvalue weighted by atomic mass is 35.5. The minimum atomic E-state index is -0.457. The van der Waals surface area contributed by atoms with Gasteiger partial charge in [-0.05, 0) is 36.8 Å². The summed E-state index contributed by atoms with van der Waals surface area (Å²) in [6.07, 6.45) is 1.56. The van der Waals surface area contributed by atoms with Gasteiger partial charge in [0.1, 0.15) is 0 Å². The van der Waals surface area contributed by atoms with Gasteiger partial charge >= 0.3 is 0 Å². The number of hydrazone groups is 1. The normalized spacial score (nSPS) is 10.6. The van der Waals surface area contributed by atoms with Crippen LogP contribution in [0.1, 0.15) is 12.5 Å². The fraction of sp³-hybridized carbons (Fsp3) is 0.188. The highest BCUT2D eigenvalue weighted by Crippen LogP contribution is 2.36. The molecule has 0 aliphatic heterocycles. The highest BCUT2D eigenvalue weighted by molar-refractivity contribution is 6.32. The van der Waals surface area contributed by atoms with E-state index in [9.17, 15) is 10.1 Å². The molecule has 126 valence electrons. The molecule has 0 saturated carbocycles. The summed E-state index contributed by atoms with van der Waals surface area (Å²) in [5.74, 6) is 1.00. The average Bonchev–Trinajstić information content (AvgIpc) is 2.57. The maximum atomic E-state index is 10.6. The van der Waals surface area contributed by atoms with Crippen LogP contribution in [0.2, 0.25) is 5.02 Å². The van der Waals surface area contributed by atoms with E-state index in [0.717, 1.165) is 5.56 Å². The van der Waals surface area contributed by atoms with Crippen LogP contribution in [0.15, 0.2) is 41.5 Å². The van der Waals surface area contributed by atoms with Crippen molar-refractivity contribution in [2.45, 2.75) is 6.92 Å². The number of nitrogens with zero attached hydrogens (tertiary/aromatic N) is 2. The third-order valence-corrected chi connectivity index (χ3v) is 3.31. The van der Waals surface area contributed by atoms with Crippen molar-refractivity contribution in [3.63, 3.8) is 0 Å². The lowest BCUT2D eigenvalue weighted by molar-refractivity contribution is -0.384. The summed E-state index contributed by atoms with van der Waals surface area (Å²) in [4.78, 5) is 10.1. The van der Waals surface area contributed by atoms with Gasteiger partial charge in [0, 0.05) is 12.1 Å². The number of hydrogen-bond acceptors (Lipinski definition) is 6. The Balaban J connectivity index is 2.11. The Kier molecular flexibility index (Phi) is 5.97. The summed E-state index contributed by atoms with van der Waals surface area (Å²) < 4.78 is 10.7. The highest BCUT2D eigenvalue weighted by Gasteiger charge is 2.10. The maximum absolute atomic E-state index is 10.6. The molecule has 0 fully saturated rings. The van der Waals surface area contributed by atoms with Crippen LogP contribution in [0.4, 0.5) is 11.4 Å². The first-order chi connectivity index (χ1) is 11.5. The number of benzene rings is 2. The van der Waals surface area contributed by atoms with Gasteiger partial charge in [-0.15, -0.1) is 0 Å². The van der Waals surface area contributed by atoms with Crippen molar-refractivity contribution in [2.75, 3.05) is 19.1 Å². The van der Waals surface area contributed by atoms with Crippen LogP contribution in [0.5, 0.6) is 11.5 Å². The van der Waals surface area contributed by atoms with Gasteiger partial charge < -0.3 is 9.47 Å². The quantitative estimate of drug-likeness (QED) is 0.462. The molecule has 0 unspecified atom stereocenters. The van der Waals surface area contributed by atoms with Crippen molar-refractivity contribution in [2.24, 2.45) is 5.10 Å². The topological polar surface area (TPSA) is 86.0 Å². The van der Waals surface area contributed by atoms with Crippen LogP contribution in [0.3, 0.4) is 0 Å². The van der Waals surface area contributed by atoms with Crippen LogP contribution in [-0.2, 0) is 0 Å². The number of methoxy groups -OCH3 is 1. The summed E-state index contributed by atoms with van der Waals surface area (Å²) in [6, 6.07) is 9.39. The van der Waals surface area contributed by atoms with Crippen LogP contribution < -0.4 is 14.9 Å². The Morgan fingerprint density at radius 2 is 2.04 bits per heavy atom. The molecule has 0 bridgehead atoms. The fourth-order valence-electron chi connectivity index (χ4n) is 1.94. The minimum Gasteiger partial charge on any atom is -0.493 e. The zero-order valence-corrected chi connectivity index (χ0v) is 13.9. The Labute approximate surface area is 144 Å². The lowest BCUT2D eigenvalue weighted by atomic mass is 10.2. The Morgan fingerprint density at radius 3 is 2.62 bits per heavy atom. The number of non-ortho nitro benzene ring substituents is 1. The number of nitrogens with one attached hydrogen (secondary N) is 1. The number of anilines is 1. The standard InChI is InChI=1S/C16H16ClN3O4/c1-3-24-16-14(17)8-11(9-15(16)23-2)10-18-19-12-4-6-13(7-5-12)20(21)22/h4-10,19H,3H2,1-2H3. The Hall–Kier alpha value is -2.80. The molecule has 0 spiro atoms. The van der Waals surface area contributed by atoms with Crippen molar-refractivity contribution in [3.05, 3.63) is 57.1 Å². The summed E-state index contributed by atoms with van der Waals surface area (Å²) >= 11 is 6.18. The number of halogens is 1. The molecule has 8 heteroatoms. The summed E-state index contributed by atoms with van der Waals surface area (Å²) in [5.41, 5.74) is 4.15. The lowest BCUT2D eigenvalue weighted by Gasteiger charge is -2.11. The van der Waals surface area contributed by atoms with Gasteiger partial charge in [-0.25, -0.2) is 0 Å². The first-order valence-corrected chi connectivity index (χ1v) is 7.46. The average molecular weight is 350 g/mol. The van der Waals surface area contributed by atoms with Crippen LogP contribution in [0.25, 0.3) is 0 Å². The SMILES string of the molecule is CCOc1c(Cl)cc(C=NNc2ccc([N+](=O)[O-])cc2)cc1OC. The van der Waals surface area contributed by atoms with E-state index in [1.54, 1.807) is 30.5 Å². The van der Waals surface area contributed by atoms with Gasteiger partial charge in [0.15, 0.2) is 11.5 Å². The van der Waals surface area contributed by atoms with Crippen LogP contribution in [0, 0.1) is 10.1 Å². The molecule has 0 aliphatic rings. The molecule has 0 atom stereocenters. The van der Waals surface area contributed by atoms with Gasteiger partial charge in [0.2, 0.25) is 0 Å². The largest absolute Gasteiger partial charge is 0.493 e. The molecule has 0 aromatic heterocycles. The molecule has 2 aromatic carbocycles. The molecule has 1 N–H and O–H groups in total. The second-order valence-corrected chi connectivity index (χ2v) is 5.05. The second kappa shape index (κ2) is 8.16. The van der Waals surface area contributed by atoms with E-state index in [2.05, 4.69) is 10.5 Å². The minimum absolute atomic E-state index is 0.0209. The number of ether oxygens (including phenoxy) is 2. The molecular weight excluding hydrogens is 334 g/mol. The maximum Gasteiger partial charge on any atom is 0.269 e. The monoisotopic (exact) mass is 349 g/mol. The molecule has 0 aliphatic carbocycles. The molecule has 7 nitrogen and oxygen atoms in total. The molecular formula is C16H16ClN3O4. The zero-order chi connectivity index (χ0) is 17.5. The number of hydrogen-bond donors (Lipinski definition) is 1. The molecule has 0 saturated heterocycles. The van der Waals surface area contributed by atoms with E-state index in [-0.39, 0.29) is 5.69 Å². The summed E-state index contributed by atoms with van der Waals surface area (Å²) in [7, 11) is 1.53. The van der Waals surface area contributed by atoms with Gasteiger partial charge in [-0.2, -0.15) is 5.10 Å². The van der Waals surface area contributed by atoms with Crippen molar-refractivity contribution in [3.8, 4) is 11.5 Å². The van der Waals surface area contributed by atoms with E-state index < -0.39 is 4.92 Å². The molecule has 2 aromatic rings. The molecule has 0 heterocycles. The summed E-state index contributed by atoms with van der Waals surface area (Å²) in [6.45, 7) is 2.34. The first kappa shape index (κ1) is 17.6.